The Morgan fingerprint density at radius 3 is 3.06 bits per heavy atom. The molecule has 1 fully saturated rings. The maximum atomic E-state index is 14.2. The fourth-order valence-corrected chi connectivity index (χ4v) is 2.90. The average Bonchev–Trinajstić information content (AvgIpc) is 2.79. The van der Waals surface area contributed by atoms with E-state index < -0.39 is 0 Å². The van der Waals surface area contributed by atoms with Crippen LogP contribution in [0.5, 0.6) is 11.5 Å². The van der Waals surface area contributed by atoms with Crippen LogP contribution in [0.2, 0.25) is 0 Å². The second kappa shape index (κ2) is 4.46. The highest BCUT2D eigenvalue weighted by Crippen LogP contribution is 2.45. The summed E-state index contributed by atoms with van der Waals surface area (Å²) in [5.41, 5.74) is 0.652. The first kappa shape index (κ1) is 11.3. The van der Waals surface area contributed by atoms with Gasteiger partial charge in [-0.15, -0.1) is 0 Å². The molecular formula is C12H13BrFNO2. The molecule has 1 aromatic carbocycles. The van der Waals surface area contributed by atoms with Crippen LogP contribution in [0.1, 0.15) is 24.3 Å². The van der Waals surface area contributed by atoms with E-state index in [-0.39, 0.29) is 18.5 Å². The van der Waals surface area contributed by atoms with E-state index in [2.05, 4.69) is 21.2 Å². The molecule has 2 aliphatic heterocycles. The zero-order chi connectivity index (χ0) is 11.8. The van der Waals surface area contributed by atoms with Crippen LogP contribution in [0, 0.1) is 5.82 Å². The average molecular weight is 302 g/mol. The molecule has 0 saturated carbocycles. The Hall–Kier alpha value is -0.810. The van der Waals surface area contributed by atoms with Gasteiger partial charge >= 0.3 is 0 Å². The standard InChI is InChI=1S/C12H13BrFNO2/c13-8-4-9-12(17-6-16-9)10(11(8)14)7-2-1-3-15-5-7/h4,7,15H,1-3,5-6H2. The first-order valence-corrected chi connectivity index (χ1v) is 6.55. The molecule has 1 atom stereocenters. The monoisotopic (exact) mass is 301 g/mol. The summed E-state index contributed by atoms with van der Waals surface area (Å²) < 4.78 is 25.4. The molecule has 2 heterocycles. The number of nitrogens with one attached hydrogen (secondary N) is 1. The second-order valence-corrected chi connectivity index (χ2v) is 5.22. The summed E-state index contributed by atoms with van der Waals surface area (Å²) in [4.78, 5) is 0. The number of rotatable bonds is 1. The highest BCUT2D eigenvalue weighted by atomic mass is 79.9. The van der Waals surface area contributed by atoms with Crippen molar-refractivity contribution in [3.8, 4) is 11.5 Å². The first-order valence-electron chi connectivity index (χ1n) is 5.75. The molecule has 1 unspecified atom stereocenters. The van der Waals surface area contributed by atoms with Crippen molar-refractivity contribution in [3.05, 3.63) is 21.9 Å². The van der Waals surface area contributed by atoms with Crippen molar-refractivity contribution >= 4 is 15.9 Å². The number of hydrogen-bond donors (Lipinski definition) is 1. The van der Waals surface area contributed by atoms with Crippen LogP contribution < -0.4 is 14.8 Å². The summed E-state index contributed by atoms with van der Waals surface area (Å²) in [5.74, 6) is 1.16. The van der Waals surface area contributed by atoms with Gasteiger partial charge in [0.2, 0.25) is 6.79 Å². The molecule has 0 aromatic heterocycles. The Morgan fingerprint density at radius 2 is 2.29 bits per heavy atom. The van der Waals surface area contributed by atoms with E-state index in [1.54, 1.807) is 6.07 Å². The van der Waals surface area contributed by atoms with E-state index in [4.69, 9.17) is 9.47 Å². The summed E-state index contributed by atoms with van der Waals surface area (Å²) in [7, 11) is 0. The zero-order valence-corrected chi connectivity index (χ0v) is 10.8. The van der Waals surface area contributed by atoms with Gasteiger partial charge in [-0.05, 0) is 35.3 Å². The molecule has 0 amide bonds. The SMILES string of the molecule is Fc1c(Br)cc2c(c1C1CCCNC1)OCO2. The molecule has 0 spiro atoms. The topological polar surface area (TPSA) is 30.5 Å². The quantitative estimate of drug-likeness (QED) is 0.865. The molecule has 0 radical (unpaired) electrons. The lowest BCUT2D eigenvalue weighted by Crippen LogP contribution is -2.29. The lowest BCUT2D eigenvalue weighted by Gasteiger charge is -2.24. The number of hydrogen-bond acceptors (Lipinski definition) is 3. The molecular weight excluding hydrogens is 289 g/mol. The Labute approximate surface area is 107 Å². The van der Waals surface area contributed by atoms with Gasteiger partial charge in [0.05, 0.1) is 4.47 Å². The Morgan fingerprint density at radius 1 is 1.41 bits per heavy atom. The van der Waals surface area contributed by atoms with Crippen LogP contribution in [0.4, 0.5) is 4.39 Å². The van der Waals surface area contributed by atoms with Crippen LogP contribution in [-0.4, -0.2) is 19.9 Å². The first-order chi connectivity index (χ1) is 8.27. The predicted molar refractivity (Wildman–Crippen MR) is 65.1 cm³/mol. The molecule has 1 aromatic rings. The van der Waals surface area contributed by atoms with Crippen molar-refractivity contribution in [2.75, 3.05) is 19.9 Å². The molecule has 3 rings (SSSR count). The number of fused-ring (bicyclic) bond motifs is 1. The van der Waals surface area contributed by atoms with Crippen LogP contribution in [0.25, 0.3) is 0 Å². The van der Waals surface area contributed by atoms with Gasteiger partial charge in [0.15, 0.2) is 11.5 Å². The van der Waals surface area contributed by atoms with E-state index in [1.165, 1.54) is 0 Å². The van der Waals surface area contributed by atoms with E-state index >= 15 is 0 Å². The van der Waals surface area contributed by atoms with Gasteiger partial charge in [0.1, 0.15) is 5.82 Å². The van der Waals surface area contributed by atoms with E-state index in [9.17, 15) is 4.39 Å². The van der Waals surface area contributed by atoms with Crippen molar-refractivity contribution in [2.45, 2.75) is 18.8 Å². The third kappa shape index (κ3) is 1.91. The number of benzene rings is 1. The van der Waals surface area contributed by atoms with E-state index in [0.29, 0.717) is 21.5 Å². The van der Waals surface area contributed by atoms with Crippen molar-refractivity contribution in [1.29, 1.82) is 0 Å². The van der Waals surface area contributed by atoms with Gasteiger partial charge < -0.3 is 14.8 Å². The summed E-state index contributed by atoms with van der Waals surface area (Å²) in [6.45, 7) is 1.98. The van der Waals surface area contributed by atoms with Gasteiger partial charge in [0, 0.05) is 24.1 Å². The Balaban J connectivity index is 2.07. The van der Waals surface area contributed by atoms with E-state index in [1.807, 2.05) is 0 Å². The molecule has 3 nitrogen and oxygen atoms in total. The summed E-state index contributed by atoms with van der Waals surface area (Å²) in [5, 5.41) is 3.29. The van der Waals surface area contributed by atoms with Gasteiger partial charge in [-0.1, -0.05) is 0 Å². The number of piperidine rings is 1. The van der Waals surface area contributed by atoms with Crippen molar-refractivity contribution in [3.63, 3.8) is 0 Å². The largest absolute Gasteiger partial charge is 0.454 e. The maximum Gasteiger partial charge on any atom is 0.231 e. The van der Waals surface area contributed by atoms with Crippen LogP contribution in [0.15, 0.2) is 10.5 Å². The third-order valence-corrected chi connectivity index (χ3v) is 3.87. The van der Waals surface area contributed by atoms with Gasteiger partial charge in [-0.25, -0.2) is 4.39 Å². The lowest BCUT2D eigenvalue weighted by molar-refractivity contribution is 0.172. The van der Waals surface area contributed by atoms with Crippen LogP contribution in [0.3, 0.4) is 0 Å². The molecule has 5 heteroatoms. The normalized spacial score (nSPS) is 22.8. The van der Waals surface area contributed by atoms with Gasteiger partial charge in [0.25, 0.3) is 0 Å². The van der Waals surface area contributed by atoms with Gasteiger partial charge in [-0.2, -0.15) is 0 Å². The summed E-state index contributed by atoms with van der Waals surface area (Å²) in [6, 6.07) is 1.64. The van der Waals surface area contributed by atoms with Crippen molar-refractivity contribution in [2.24, 2.45) is 0 Å². The van der Waals surface area contributed by atoms with E-state index in [0.717, 1.165) is 25.9 Å². The molecule has 17 heavy (non-hydrogen) atoms. The van der Waals surface area contributed by atoms with Crippen molar-refractivity contribution in [1.82, 2.24) is 5.32 Å². The fourth-order valence-electron chi connectivity index (χ4n) is 2.48. The number of halogens is 2. The molecule has 0 bridgehead atoms. The smallest absolute Gasteiger partial charge is 0.231 e. The number of ether oxygens (including phenoxy) is 2. The summed E-state index contributed by atoms with van der Waals surface area (Å²) in [6.07, 6.45) is 2.04. The molecule has 92 valence electrons. The van der Waals surface area contributed by atoms with Crippen LogP contribution in [-0.2, 0) is 0 Å². The minimum Gasteiger partial charge on any atom is -0.454 e. The fraction of sp³-hybridized carbons (Fsp3) is 0.500. The van der Waals surface area contributed by atoms with Crippen LogP contribution >= 0.6 is 15.9 Å². The predicted octanol–water partition coefficient (Wildman–Crippen LogP) is 2.78. The minimum absolute atomic E-state index is 0.164. The minimum atomic E-state index is -0.219. The highest BCUT2D eigenvalue weighted by molar-refractivity contribution is 9.10. The zero-order valence-electron chi connectivity index (χ0n) is 9.26. The molecule has 1 N–H and O–H groups in total. The Kier molecular flexibility index (Phi) is 2.96. The molecule has 1 saturated heterocycles. The Bertz CT molecular complexity index is 447. The lowest BCUT2D eigenvalue weighted by atomic mass is 9.90. The van der Waals surface area contributed by atoms with Gasteiger partial charge in [-0.3, -0.25) is 0 Å². The highest BCUT2D eigenvalue weighted by Gasteiger charge is 2.29. The second-order valence-electron chi connectivity index (χ2n) is 4.36. The van der Waals surface area contributed by atoms with Crippen molar-refractivity contribution < 1.29 is 13.9 Å². The summed E-state index contributed by atoms with van der Waals surface area (Å²) >= 11 is 3.24. The third-order valence-electron chi connectivity index (χ3n) is 3.30. The maximum absolute atomic E-state index is 14.2. The molecule has 2 aliphatic rings. The molecule has 0 aliphatic carbocycles.